The number of fused-ring (bicyclic) bond motifs is 5. The lowest BCUT2D eigenvalue weighted by Crippen LogP contribution is -2.65. The maximum Gasteiger partial charge on any atom is 0.247 e. The Hall–Kier alpha value is -2.04. The van der Waals surface area contributed by atoms with Crippen LogP contribution >= 0.6 is 0 Å². The first-order valence-electron chi connectivity index (χ1n) is 7.92. The zero-order valence-corrected chi connectivity index (χ0v) is 13.1. The molecule has 3 heterocycles. The van der Waals surface area contributed by atoms with Crippen molar-refractivity contribution in [3.63, 3.8) is 0 Å². The maximum atomic E-state index is 12.9. The second-order valence-corrected chi connectivity index (χ2v) is 7.21. The van der Waals surface area contributed by atoms with Gasteiger partial charge in [0.1, 0.15) is 18.2 Å². The molecule has 2 fully saturated rings. The van der Waals surface area contributed by atoms with Crippen LogP contribution in [0.4, 0.5) is 5.69 Å². The molecule has 0 saturated carbocycles. The van der Waals surface area contributed by atoms with Gasteiger partial charge in [0.05, 0.1) is 0 Å². The summed E-state index contributed by atoms with van der Waals surface area (Å²) in [6.45, 7) is 6.09. The summed E-state index contributed by atoms with van der Waals surface area (Å²) in [5.41, 5.74) is 2.07. The molecule has 5 nitrogen and oxygen atoms in total. The molecule has 2 saturated heterocycles. The SMILES string of the molecule is CC(C)[C@@H]1NC(=O)[C@H]2C[C@@]3(C)c4ccccc4N[C@H]3N2C1=O. The molecule has 3 aliphatic heterocycles. The van der Waals surface area contributed by atoms with E-state index in [2.05, 4.69) is 23.6 Å². The number of rotatable bonds is 1. The minimum absolute atomic E-state index is 0.0202. The van der Waals surface area contributed by atoms with Crippen LogP contribution in [0.1, 0.15) is 32.8 Å². The summed E-state index contributed by atoms with van der Waals surface area (Å²) in [5.74, 6) is 0.106. The number of piperazine rings is 1. The molecule has 22 heavy (non-hydrogen) atoms. The summed E-state index contributed by atoms with van der Waals surface area (Å²) in [6, 6.07) is 7.38. The second kappa shape index (κ2) is 4.24. The van der Waals surface area contributed by atoms with E-state index in [1.165, 1.54) is 5.56 Å². The average molecular weight is 299 g/mol. The normalized spacial score (nSPS) is 35.8. The topological polar surface area (TPSA) is 61.4 Å². The van der Waals surface area contributed by atoms with Gasteiger partial charge in [0.25, 0.3) is 0 Å². The first kappa shape index (κ1) is 13.6. The molecule has 5 heteroatoms. The summed E-state index contributed by atoms with van der Waals surface area (Å²) >= 11 is 0. The van der Waals surface area contributed by atoms with Crippen LogP contribution in [0.25, 0.3) is 0 Å². The van der Waals surface area contributed by atoms with Gasteiger partial charge in [0, 0.05) is 11.1 Å². The van der Waals surface area contributed by atoms with Gasteiger partial charge >= 0.3 is 0 Å². The van der Waals surface area contributed by atoms with E-state index in [0.717, 1.165) is 5.69 Å². The molecule has 1 aromatic rings. The fourth-order valence-electron chi connectivity index (χ4n) is 4.26. The van der Waals surface area contributed by atoms with Crippen LogP contribution < -0.4 is 10.6 Å². The number of hydrogen-bond acceptors (Lipinski definition) is 3. The molecule has 0 aromatic heterocycles. The lowest BCUT2D eigenvalue weighted by Gasteiger charge is -2.39. The van der Waals surface area contributed by atoms with Crippen molar-refractivity contribution in [3.8, 4) is 0 Å². The molecule has 3 aliphatic rings. The number of para-hydroxylation sites is 1. The van der Waals surface area contributed by atoms with Gasteiger partial charge in [-0.15, -0.1) is 0 Å². The fraction of sp³-hybridized carbons (Fsp3) is 0.529. The Bertz CT molecular complexity index is 672. The third kappa shape index (κ3) is 1.54. The third-order valence-electron chi connectivity index (χ3n) is 5.46. The van der Waals surface area contributed by atoms with Gasteiger partial charge in [-0.05, 0) is 24.0 Å². The lowest BCUT2D eigenvalue weighted by molar-refractivity contribution is -0.149. The summed E-state index contributed by atoms with van der Waals surface area (Å²) in [4.78, 5) is 27.2. The van der Waals surface area contributed by atoms with Crippen molar-refractivity contribution < 1.29 is 9.59 Å². The second-order valence-electron chi connectivity index (χ2n) is 7.21. The van der Waals surface area contributed by atoms with Crippen LogP contribution in [0, 0.1) is 5.92 Å². The van der Waals surface area contributed by atoms with Gasteiger partial charge in [0.2, 0.25) is 11.8 Å². The van der Waals surface area contributed by atoms with Crippen molar-refractivity contribution in [3.05, 3.63) is 29.8 Å². The smallest absolute Gasteiger partial charge is 0.247 e. The summed E-state index contributed by atoms with van der Waals surface area (Å²) in [6.07, 6.45) is 0.541. The van der Waals surface area contributed by atoms with Crippen LogP contribution in [-0.4, -0.2) is 35.0 Å². The highest BCUT2D eigenvalue weighted by Crippen LogP contribution is 2.51. The highest BCUT2D eigenvalue weighted by Gasteiger charge is 2.60. The molecule has 0 bridgehead atoms. The van der Waals surface area contributed by atoms with Gasteiger partial charge in [-0.1, -0.05) is 39.0 Å². The first-order chi connectivity index (χ1) is 10.4. The van der Waals surface area contributed by atoms with Crippen LogP contribution in [0.2, 0.25) is 0 Å². The van der Waals surface area contributed by atoms with E-state index in [1.807, 2.05) is 32.0 Å². The molecule has 2 amide bonds. The van der Waals surface area contributed by atoms with Crippen LogP contribution in [0.5, 0.6) is 0 Å². The Morgan fingerprint density at radius 1 is 1.23 bits per heavy atom. The number of benzene rings is 1. The van der Waals surface area contributed by atoms with Crippen molar-refractivity contribution >= 4 is 17.5 Å². The number of hydrogen-bond donors (Lipinski definition) is 2. The Morgan fingerprint density at radius 3 is 2.68 bits per heavy atom. The van der Waals surface area contributed by atoms with Crippen LogP contribution in [0.3, 0.4) is 0 Å². The standard InChI is InChI=1S/C17H21N3O2/c1-9(2)13-15(22)20-12(14(21)19-13)8-17(3)10-6-4-5-7-11(10)18-16(17)20/h4-7,9,12-13,16,18H,8H2,1-3H3,(H,19,21)/t12-,13+,16+,17+/m1/s1. The molecule has 1 aromatic carbocycles. The number of carbonyl (C=O) groups is 2. The van der Waals surface area contributed by atoms with Crippen molar-refractivity contribution in [2.45, 2.75) is 50.9 Å². The zero-order chi connectivity index (χ0) is 15.6. The van der Waals surface area contributed by atoms with E-state index in [1.54, 1.807) is 4.90 Å². The van der Waals surface area contributed by atoms with Crippen LogP contribution in [-0.2, 0) is 15.0 Å². The highest BCUT2D eigenvalue weighted by atomic mass is 16.2. The van der Waals surface area contributed by atoms with E-state index < -0.39 is 6.04 Å². The van der Waals surface area contributed by atoms with E-state index in [4.69, 9.17) is 0 Å². The van der Waals surface area contributed by atoms with E-state index >= 15 is 0 Å². The molecule has 2 N–H and O–H groups in total. The number of nitrogens with one attached hydrogen (secondary N) is 2. The number of anilines is 1. The Balaban J connectivity index is 1.78. The van der Waals surface area contributed by atoms with Crippen molar-refractivity contribution in [1.82, 2.24) is 10.2 Å². The van der Waals surface area contributed by atoms with Gasteiger partial charge < -0.3 is 15.5 Å². The van der Waals surface area contributed by atoms with Gasteiger partial charge in [-0.3, -0.25) is 9.59 Å². The van der Waals surface area contributed by atoms with Crippen molar-refractivity contribution in [1.29, 1.82) is 0 Å². The monoisotopic (exact) mass is 299 g/mol. The Kier molecular flexibility index (Phi) is 2.63. The third-order valence-corrected chi connectivity index (χ3v) is 5.46. The predicted octanol–water partition coefficient (Wildman–Crippen LogP) is 1.45. The Morgan fingerprint density at radius 2 is 1.95 bits per heavy atom. The van der Waals surface area contributed by atoms with Crippen molar-refractivity contribution in [2.75, 3.05) is 5.32 Å². The molecule has 0 radical (unpaired) electrons. The lowest BCUT2D eigenvalue weighted by atomic mass is 9.80. The number of amides is 2. The summed E-state index contributed by atoms with van der Waals surface area (Å²) < 4.78 is 0. The van der Waals surface area contributed by atoms with E-state index in [-0.39, 0.29) is 35.4 Å². The van der Waals surface area contributed by atoms with Gasteiger partial charge in [-0.25, -0.2) is 0 Å². The predicted molar refractivity (Wildman–Crippen MR) is 83.2 cm³/mol. The average Bonchev–Trinajstić information content (AvgIpc) is 2.92. The van der Waals surface area contributed by atoms with Gasteiger partial charge in [0.15, 0.2) is 0 Å². The molecule has 116 valence electrons. The minimum atomic E-state index is -0.420. The molecular weight excluding hydrogens is 278 g/mol. The Labute approximate surface area is 130 Å². The molecule has 0 unspecified atom stereocenters. The van der Waals surface area contributed by atoms with E-state index in [0.29, 0.717) is 6.42 Å². The summed E-state index contributed by atoms with van der Waals surface area (Å²) in [5, 5.41) is 6.38. The quantitative estimate of drug-likeness (QED) is 0.825. The largest absolute Gasteiger partial charge is 0.364 e. The first-order valence-corrected chi connectivity index (χ1v) is 7.92. The molecule has 4 rings (SSSR count). The zero-order valence-electron chi connectivity index (χ0n) is 13.1. The molecule has 0 spiro atoms. The van der Waals surface area contributed by atoms with Gasteiger partial charge in [-0.2, -0.15) is 0 Å². The molecule has 0 aliphatic carbocycles. The number of carbonyl (C=O) groups excluding carboxylic acids is 2. The van der Waals surface area contributed by atoms with E-state index in [9.17, 15) is 9.59 Å². The number of nitrogens with zero attached hydrogens (tertiary/aromatic N) is 1. The fourth-order valence-corrected chi connectivity index (χ4v) is 4.26. The minimum Gasteiger partial charge on any atom is -0.364 e. The molecule has 4 atom stereocenters. The highest BCUT2D eigenvalue weighted by molar-refractivity contribution is 5.98. The molecular formula is C17H21N3O2. The summed E-state index contributed by atoms with van der Waals surface area (Å²) in [7, 11) is 0. The van der Waals surface area contributed by atoms with Crippen molar-refractivity contribution in [2.24, 2.45) is 5.92 Å². The van der Waals surface area contributed by atoms with Crippen LogP contribution in [0.15, 0.2) is 24.3 Å². The maximum absolute atomic E-state index is 12.9.